The van der Waals surface area contributed by atoms with Crippen LogP contribution < -0.4 is 5.32 Å². The summed E-state index contributed by atoms with van der Waals surface area (Å²) in [5, 5.41) is 7.89. The standard InChI is InChI=1S/C23H27N3O3/c1-15(13-24-22(28)29-23(3,4)5)17-6-8-18(9-7-17)19-10-11-21-20(12-19)14-25-26(21)16(2)27/h6-12,14-15H,13H2,1-5H3,(H,24,28). The lowest BCUT2D eigenvalue weighted by atomic mass is 9.97. The topological polar surface area (TPSA) is 73.2 Å². The summed E-state index contributed by atoms with van der Waals surface area (Å²) in [5.41, 5.74) is 3.58. The average Bonchev–Trinajstić information content (AvgIpc) is 3.08. The van der Waals surface area contributed by atoms with Crippen molar-refractivity contribution >= 4 is 22.9 Å². The number of alkyl carbamates (subject to hydrolysis) is 1. The van der Waals surface area contributed by atoms with Crippen molar-refractivity contribution in [3.63, 3.8) is 0 Å². The van der Waals surface area contributed by atoms with Crippen molar-refractivity contribution in [3.05, 3.63) is 54.2 Å². The molecule has 6 heteroatoms. The Balaban J connectivity index is 1.69. The van der Waals surface area contributed by atoms with E-state index < -0.39 is 11.7 Å². The van der Waals surface area contributed by atoms with Gasteiger partial charge in [-0.1, -0.05) is 37.3 Å². The molecule has 0 saturated heterocycles. The fourth-order valence-corrected chi connectivity index (χ4v) is 3.14. The number of benzene rings is 2. The van der Waals surface area contributed by atoms with E-state index in [4.69, 9.17) is 4.74 Å². The number of rotatable bonds is 4. The highest BCUT2D eigenvalue weighted by Gasteiger charge is 2.17. The highest BCUT2D eigenvalue weighted by Crippen LogP contribution is 2.26. The van der Waals surface area contributed by atoms with Gasteiger partial charge < -0.3 is 10.1 Å². The minimum atomic E-state index is -0.503. The van der Waals surface area contributed by atoms with Crippen molar-refractivity contribution in [2.24, 2.45) is 0 Å². The summed E-state index contributed by atoms with van der Waals surface area (Å²) in [4.78, 5) is 23.4. The molecule has 1 heterocycles. The largest absolute Gasteiger partial charge is 0.444 e. The molecule has 1 atom stereocenters. The third-order valence-corrected chi connectivity index (χ3v) is 4.63. The molecule has 0 spiro atoms. The van der Waals surface area contributed by atoms with Crippen molar-refractivity contribution in [1.82, 2.24) is 15.1 Å². The molecule has 1 aromatic heterocycles. The molecule has 3 rings (SSSR count). The summed E-state index contributed by atoms with van der Waals surface area (Å²) in [5.74, 6) is 0.0546. The van der Waals surface area contributed by atoms with Crippen molar-refractivity contribution in [1.29, 1.82) is 0 Å². The van der Waals surface area contributed by atoms with E-state index in [1.54, 1.807) is 6.20 Å². The average molecular weight is 393 g/mol. The zero-order chi connectivity index (χ0) is 21.2. The fraction of sp³-hybridized carbons (Fsp3) is 0.348. The number of amides is 1. The van der Waals surface area contributed by atoms with Crippen LogP contribution in [0, 0.1) is 0 Å². The number of ether oxygens (including phenoxy) is 1. The van der Waals surface area contributed by atoms with Crippen LogP contribution in [-0.4, -0.2) is 33.9 Å². The van der Waals surface area contributed by atoms with Crippen molar-refractivity contribution in [2.45, 2.75) is 46.1 Å². The van der Waals surface area contributed by atoms with E-state index in [9.17, 15) is 9.59 Å². The number of aromatic nitrogens is 2. The quantitative estimate of drug-likeness (QED) is 0.678. The number of hydrogen-bond acceptors (Lipinski definition) is 4. The van der Waals surface area contributed by atoms with Crippen LogP contribution in [0.5, 0.6) is 0 Å². The van der Waals surface area contributed by atoms with Crippen LogP contribution >= 0.6 is 0 Å². The summed E-state index contributed by atoms with van der Waals surface area (Å²) < 4.78 is 6.68. The second kappa shape index (κ2) is 8.07. The van der Waals surface area contributed by atoms with Gasteiger partial charge in [-0.25, -0.2) is 9.48 Å². The number of fused-ring (bicyclic) bond motifs is 1. The second-order valence-corrected chi connectivity index (χ2v) is 8.25. The van der Waals surface area contributed by atoms with Crippen LogP contribution in [0.4, 0.5) is 4.79 Å². The molecule has 1 N–H and O–H groups in total. The maximum absolute atomic E-state index is 11.8. The van der Waals surface area contributed by atoms with Crippen molar-refractivity contribution in [2.75, 3.05) is 6.54 Å². The third-order valence-electron chi connectivity index (χ3n) is 4.63. The van der Waals surface area contributed by atoms with Gasteiger partial charge in [0.25, 0.3) is 0 Å². The Morgan fingerprint density at radius 2 is 1.76 bits per heavy atom. The summed E-state index contributed by atoms with van der Waals surface area (Å²) in [6.07, 6.45) is 1.30. The zero-order valence-corrected chi connectivity index (χ0v) is 17.5. The molecule has 6 nitrogen and oxygen atoms in total. The van der Waals surface area contributed by atoms with E-state index in [1.165, 1.54) is 11.6 Å². The number of nitrogens with one attached hydrogen (secondary N) is 1. The number of nitrogens with zero attached hydrogens (tertiary/aromatic N) is 2. The molecule has 0 aliphatic heterocycles. The van der Waals surface area contributed by atoms with E-state index in [0.717, 1.165) is 27.6 Å². The number of hydrogen-bond donors (Lipinski definition) is 1. The monoisotopic (exact) mass is 393 g/mol. The first-order valence-electron chi connectivity index (χ1n) is 9.70. The fourth-order valence-electron chi connectivity index (χ4n) is 3.14. The SMILES string of the molecule is CC(=O)n1ncc2cc(-c3ccc(C(C)CNC(=O)OC(C)(C)C)cc3)ccc21. The molecule has 0 saturated carbocycles. The van der Waals surface area contributed by atoms with Gasteiger partial charge >= 0.3 is 6.09 Å². The molecule has 2 aromatic carbocycles. The summed E-state index contributed by atoms with van der Waals surface area (Å²) in [7, 11) is 0. The minimum Gasteiger partial charge on any atom is -0.444 e. The van der Waals surface area contributed by atoms with Gasteiger partial charge in [0.15, 0.2) is 0 Å². The third kappa shape index (κ3) is 5.02. The van der Waals surface area contributed by atoms with Crippen LogP contribution in [-0.2, 0) is 4.74 Å². The predicted molar refractivity (Wildman–Crippen MR) is 114 cm³/mol. The summed E-state index contributed by atoms with van der Waals surface area (Å²) in [6, 6.07) is 14.2. The molecule has 29 heavy (non-hydrogen) atoms. The molecule has 1 unspecified atom stereocenters. The first kappa shape index (κ1) is 20.6. The minimum absolute atomic E-state index is 0.105. The maximum atomic E-state index is 11.8. The molecule has 0 fully saturated rings. The number of carbonyl (C=O) groups is 2. The zero-order valence-electron chi connectivity index (χ0n) is 17.5. The van der Waals surface area contributed by atoms with Crippen LogP contribution in [0.15, 0.2) is 48.7 Å². The van der Waals surface area contributed by atoms with Gasteiger partial charge in [-0.3, -0.25) is 4.79 Å². The van der Waals surface area contributed by atoms with E-state index in [0.29, 0.717) is 6.54 Å². The normalized spacial score (nSPS) is 12.6. The highest BCUT2D eigenvalue weighted by atomic mass is 16.6. The Kier molecular flexibility index (Phi) is 5.73. The van der Waals surface area contributed by atoms with Crippen LogP contribution in [0.1, 0.15) is 50.9 Å². The maximum Gasteiger partial charge on any atom is 0.407 e. The van der Waals surface area contributed by atoms with Gasteiger partial charge in [-0.2, -0.15) is 5.10 Å². The molecule has 3 aromatic rings. The molecule has 152 valence electrons. The molecule has 0 bridgehead atoms. The van der Waals surface area contributed by atoms with Gasteiger partial charge in [0.2, 0.25) is 5.91 Å². The van der Waals surface area contributed by atoms with Crippen molar-refractivity contribution in [3.8, 4) is 11.1 Å². The van der Waals surface area contributed by atoms with Gasteiger partial charge in [0.1, 0.15) is 5.60 Å². The Morgan fingerprint density at radius 3 is 2.38 bits per heavy atom. The molecule has 0 aliphatic carbocycles. The van der Waals surface area contributed by atoms with E-state index >= 15 is 0 Å². The van der Waals surface area contributed by atoms with Gasteiger partial charge in [-0.15, -0.1) is 0 Å². The van der Waals surface area contributed by atoms with Crippen LogP contribution in [0.25, 0.3) is 22.0 Å². The van der Waals surface area contributed by atoms with E-state index in [-0.39, 0.29) is 11.8 Å². The lowest BCUT2D eigenvalue weighted by Crippen LogP contribution is -2.34. The molecule has 0 radical (unpaired) electrons. The Labute approximate surface area is 170 Å². The Hall–Kier alpha value is -3.15. The van der Waals surface area contributed by atoms with Gasteiger partial charge in [0, 0.05) is 18.9 Å². The smallest absolute Gasteiger partial charge is 0.407 e. The molecular weight excluding hydrogens is 366 g/mol. The molecular formula is C23H27N3O3. The summed E-state index contributed by atoms with van der Waals surface area (Å²) >= 11 is 0. The predicted octanol–water partition coefficient (Wildman–Crippen LogP) is 4.99. The lowest BCUT2D eigenvalue weighted by Gasteiger charge is -2.21. The van der Waals surface area contributed by atoms with Crippen molar-refractivity contribution < 1.29 is 14.3 Å². The van der Waals surface area contributed by atoms with Gasteiger partial charge in [-0.05, 0) is 55.5 Å². The van der Waals surface area contributed by atoms with Gasteiger partial charge in [0.05, 0.1) is 11.7 Å². The van der Waals surface area contributed by atoms with E-state index in [2.05, 4.69) is 41.6 Å². The Bertz CT molecular complexity index is 1030. The Morgan fingerprint density at radius 1 is 1.10 bits per heavy atom. The summed E-state index contributed by atoms with van der Waals surface area (Å²) in [6.45, 7) is 9.60. The molecule has 1 amide bonds. The number of carbonyl (C=O) groups excluding carboxylic acids is 2. The first-order valence-corrected chi connectivity index (χ1v) is 9.70. The lowest BCUT2D eigenvalue weighted by molar-refractivity contribution is 0.0525. The first-order chi connectivity index (χ1) is 13.6. The van der Waals surface area contributed by atoms with Crippen LogP contribution in [0.2, 0.25) is 0 Å². The highest BCUT2D eigenvalue weighted by molar-refractivity contribution is 5.92. The molecule has 0 aliphatic rings. The second-order valence-electron chi connectivity index (χ2n) is 8.25. The van der Waals surface area contributed by atoms with Crippen LogP contribution in [0.3, 0.4) is 0 Å². The van der Waals surface area contributed by atoms with E-state index in [1.807, 2.05) is 39.0 Å².